The van der Waals surface area contributed by atoms with Crippen molar-refractivity contribution >= 4 is 5.69 Å². The van der Waals surface area contributed by atoms with Gasteiger partial charge in [0.1, 0.15) is 0 Å². The maximum Gasteiger partial charge on any atom is 0.0822 e. The second-order valence-electron chi connectivity index (χ2n) is 4.53. The van der Waals surface area contributed by atoms with Crippen molar-refractivity contribution < 1.29 is 5.11 Å². The number of nitrogen functional groups attached to an aromatic ring is 1. The van der Waals surface area contributed by atoms with Crippen LogP contribution >= 0.6 is 0 Å². The SMILES string of the molecule is Nc1ccccc1C(O)CCN1CCNCC1. The van der Waals surface area contributed by atoms with E-state index < -0.39 is 6.10 Å². The number of rotatable bonds is 4. The van der Waals surface area contributed by atoms with E-state index >= 15 is 0 Å². The van der Waals surface area contributed by atoms with Crippen LogP contribution in [-0.2, 0) is 0 Å². The zero-order valence-electron chi connectivity index (χ0n) is 10.1. The molecule has 1 saturated heterocycles. The molecule has 17 heavy (non-hydrogen) atoms. The molecule has 1 aromatic carbocycles. The molecule has 0 amide bonds. The Bertz CT molecular complexity index is 350. The Morgan fingerprint density at radius 2 is 2.00 bits per heavy atom. The van der Waals surface area contributed by atoms with Crippen molar-refractivity contribution in [1.29, 1.82) is 0 Å². The summed E-state index contributed by atoms with van der Waals surface area (Å²) in [7, 11) is 0. The van der Waals surface area contributed by atoms with Gasteiger partial charge in [0.05, 0.1) is 6.10 Å². The van der Waals surface area contributed by atoms with Gasteiger partial charge in [-0.15, -0.1) is 0 Å². The summed E-state index contributed by atoms with van der Waals surface area (Å²) >= 11 is 0. The van der Waals surface area contributed by atoms with Crippen molar-refractivity contribution in [2.75, 3.05) is 38.5 Å². The van der Waals surface area contributed by atoms with E-state index in [0.29, 0.717) is 5.69 Å². The number of anilines is 1. The van der Waals surface area contributed by atoms with Crippen molar-refractivity contribution in [3.8, 4) is 0 Å². The maximum absolute atomic E-state index is 10.1. The van der Waals surface area contributed by atoms with Gasteiger partial charge in [-0.25, -0.2) is 0 Å². The second kappa shape index (κ2) is 6.00. The lowest BCUT2D eigenvalue weighted by atomic mass is 10.0. The number of nitrogens with zero attached hydrogens (tertiary/aromatic N) is 1. The van der Waals surface area contributed by atoms with E-state index in [1.54, 1.807) is 0 Å². The number of nitrogens with two attached hydrogens (primary N) is 1. The van der Waals surface area contributed by atoms with Crippen molar-refractivity contribution in [3.63, 3.8) is 0 Å². The van der Waals surface area contributed by atoms with E-state index in [9.17, 15) is 5.11 Å². The largest absolute Gasteiger partial charge is 0.398 e. The minimum Gasteiger partial charge on any atom is -0.398 e. The monoisotopic (exact) mass is 235 g/mol. The Labute approximate surface area is 102 Å². The lowest BCUT2D eigenvalue weighted by Gasteiger charge is -2.28. The van der Waals surface area contributed by atoms with Crippen LogP contribution in [0.4, 0.5) is 5.69 Å². The molecule has 0 aliphatic carbocycles. The topological polar surface area (TPSA) is 61.5 Å². The summed E-state index contributed by atoms with van der Waals surface area (Å²) in [6, 6.07) is 7.54. The quantitative estimate of drug-likeness (QED) is 0.669. The van der Waals surface area contributed by atoms with E-state index in [4.69, 9.17) is 5.73 Å². The highest BCUT2D eigenvalue weighted by Gasteiger charge is 2.14. The first-order chi connectivity index (χ1) is 8.27. The Morgan fingerprint density at radius 3 is 2.71 bits per heavy atom. The van der Waals surface area contributed by atoms with Crippen molar-refractivity contribution in [2.45, 2.75) is 12.5 Å². The van der Waals surface area contributed by atoms with Crippen molar-refractivity contribution in [3.05, 3.63) is 29.8 Å². The van der Waals surface area contributed by atoms with E-state index in [1.807, 2.05) is 24.3 Å². The van der Waals surface area contributed by atoms with E-state index in [1.165, 1.54) is 0 Å². The maximum atomic E-state index is 10.1. The summed E-state index contributed by atoms with van der Waals surface area (Å²) in [4.78, 5) is 2.37. The first-order valence-electron chi connectivity index (χ1n) is 6.23. The minimum atomic E-state index is -0.453. The van der Waals surface area contributed by atoms with Gasteiger partial charge in [0.15, 0.2) is 0 Å². The van der Waals surface area contributed by atoms with Gasteiger partial charge >= 0.3 is 0 Å². The van der Waals surface area contributed by atoms with Gasteiger partial charge < -0.3 is 21.1 Å². The fraction of sp³-hybridized carbons (Fsp3) is 0.538. The van der Waals surface area contributed by atoms with Gasteiger partial charge in [-0.05, 0) is 12.5 Å². The molecule has 4 N–H and O–H groups in total. The third kappa shape index (κ3) is 3.43. The summed E-state index contributed by atoms with van der Waals surface area (Å²) in [6.45, 7) is 5.15. The van der Waals surface area contributed by atoms with Crippen molar-refractivity contribution in [1.82, 2.24) is 10.2 Å². The molecule has 1 fully saturated rings. The van der Waals surface area contributed by atoms with Gasteiger partial charge in [-0.2, -0.15) is 0 Å². The van der Waals surface area contributed by atoms with Gasteiger partial charge in [0.2, 0.25) is 0 Å². The third-order valence-electron chi connectivity index (χ3n) is 3.28. The molecular formula is C13H21N3O. The van der Waals surface area contributed by atoms with Crippen LogP contribution in [0.2, 0.25) is 0 Å². The lowest BCUT2D eigenvalue weighted by Crippen LogP contribution is -2.44. The molecule has 2 rings (SSSR count). The predicted molar refractivity (Wildman–Crippen MR) is 69.7 cm³/mol. The number of nitrogens with one attached hydrogen (secondary N) is 1. The smallest absolute Gasteiger partial charge is 0.0822 e. The van der Waals surface area contributed by atoms with Crippen LogP contribution in [0.5, 0.6) is 0 Å². The van der Waals surface area contributed by atoms with Crippen LogP contribution in [0.1, 0.15) is 18.1 Å². The Kier molecular flexibility index (Phi) is 4.36. The van der Waals surface area contributed by atoms with Gasteiger partial charge in [-0.1, -0.05) is 18.2 Å². The number of benzene rings is 1. The van der Waals surface area contributed by atoms with Crippen LogP contribution in [0.3, 0.4) is 0 Å². The number of piperazine rings is 1. The number of aliphatic hydroxyl groups excluding tert-OH is 1. The highest BCUT2D eigenvalue weighted by molar-refractivity contribution is 5.47. The zero-order valence-corrected chi connectivity index (χ0v) is 10.1. The number of hydrogen-bond donors (Lipinski definition) is 3. The first-order valence-corrected chi connectivity index (χ1v) is 6.23. The predicted octanol–water partition coefficient (Wildman–Crippen LogP) is 0.597. The molecule has 0 aromatic heterocycles. The molecule has 4 nitrogen and oxygen atoms in total. The van der Waals surface area contributed by atoms with E-state index in [-0.39, 0.29) is 0 Å². The van der Waals surface area contributed by atoms with E-state index in [0.717, 1.165) is 44.7 Å². The van der Waals surface area contributed by atoms with Gasteiger partial charge in [-0.3, -0.25) is 0 Å². The normalized spacial score (nSPS) is 19.1. The van der Waals surface area contributed by atoms with Crippen LogP contribution in [0.25, 0.3) is 0 Å². The molecule has 0 bridgehead atoms. The van der Waals surface area contributed by atoms with Crippen molar-refractivity contribution in [2.24, 2.45) is 0 Å². The molecule has 1 heterocycles. The molecule has 0 spiro atoms. The molecule has 1 aromatic rings. The molecule has 1 aliphatic heterocycles. The average Bonchev–Trinajstić information content (AvgIpc) is 2.38. The summed E-state index contributed by atoms with van der Waals surface area (Å²) in [5.41, 5.74) is 7.38. The van der Waals surface area contributed by atoms with Crippen LogP contribution in [0, 0.1) is 0 Å². The Morgan fingerprint density at radius 1 is 1.29 bits per heavy atom. The Hall–Kier alpha value is -1.10. The van der Waals surface area contributed by atoms with Crippen LogP contribution in [-0.4, -0.2) is 42.7 Å². The summed E-state index contributed by atoms with van der Waals surface area (Å²) in [6.07, 6.45) is 0.292. The van der Waals surface area contributed by atoms with Gasteiger partial charge in [0.25, 0.3) is 0 Å². The molecule has 1 unspecified atom stereocenters. The Balaban J connectivity index is 1.84. The lowest BCUT2D eigenvalue weighted by molar-refractivity contribution is 0.137. The second-order valence-corrected chi connectivity index (χ2v) is 4.53. The number of aliphatic hydroxyl groups is 1. The molecule has 1 atom stereocenters. The molecule has 0 saturated carbocycles. The summed E-state index contributed by atoms with van der Waals surface area (Å²) in [5, 5.41) is 13.4. The summed E-state index contributed by atoms with van der Waals surface area (Å²) < 4.78 is 0. The molecule has 4 heteroatoms. The highest BCUT2D eigenvalue weighted by atomic mass is 16.3. The number of para-hydroxylation sites is 1. The molecule has 1 aliphatic rings. The fourth-order valence-electron chi connectivity index (χ4n) is 2.21. The van der Waals surface area contributed by atoms with Gasteiger partial charge in [0, 0.05) is 44.0 Å². The third-order valence-corrected chi connectivity index (χ3v) is 3.28. The minimum absolute atomic E-state index is 0.453. The van der Waals surface area contributed by atoms with Crippen LogP contribution < -0.4 is 11.1 Å². The molecule has 0 radical (unpaired) electrons. The highest BCUT2D eigenvalue weighted by Crippen LogP contribution is 2.22. The molecular weight excluding hydrogens is 214 g/mol. The fourth-order valence-corrected chi connectivity index (χ4v) is 2.21. The zero-order chi connectivity index (χ0) is 12.1. The standard InChI is InChI=1S/C13H21N3O/c14-12-4-2-1-3-11(12)13(17)5-8-16-9-6-15-7-10-16/h1-4,13,15,17H,5-10,14H2. The number of hydrogen-bond acceptors (Lipinski definition) is 4. The summed E-state index contributed by atoms with van der Waals surface area (Å²) in [5.74, 6) is 0. The van der Waals surface area contributed by atoms with E-state index in [2.05, 4.69) is 10.2 Å². The first kappa shape index (κ1) is 12.4. The average molecular weight is 235 g/mol. The molecule has 94 valence electrons. The van der Waals surface area contributed by atoms with Crippen LogP contribution in [0.15, 0.2) is 24.3 Å².